The molecule has 2 aromatic carbocycles. The van der Waals surface area contributed by atoms with E-state index in [1.807, 2.05) is 32.0 Å². The van der Waals surface area contributed by atoms with Crippen molar-refractivity contribution in [1.29, 1.82) is 0 Å². The van der Waals surface area contributed by atoms with Gasteiger partial charge in [-0.15, -0.1) is 0 Å². The molecule has 0 saturated carbocycles. The molecule has 0 fully saturated rings. The molecule has 0 aliphatic carbocycles. The lowest BCUT2D eigenvalue weighted by Crippen LogP contribution is -2.12. The maximum absolute atomic E-state index is 13.9. The minimum atomic E-state index is -0.474. The molecule has 4 rings (SSSR count). The van der Waals surface area contributed by atoms with Crippen LogP contribution < -0.4 is 5.43 Å². The fourth-order valence-corrected chi connectivity index (χ4v) is 2.64. The first-order valence-corrected chi connectivity index (χ1v) is 8.29. The molecule has 0 aliphatic heterocycles. The second-order valence-corrected chi connectivity index (χ2v) is 6.14. The topological polar surface area (TPSA) is 73.8 Å². The number of hydrogen-bond acceptors (Lipinski definition) is 5. The first-order valence-electron chi connectivity index (χ1n) is 8.29. The van der Waals surface area contributed by atoms with E-state index in [-0.39, 0.29) is 28.4 Å². The lowest BCUT2D eigenvalue weighted by Gasteiger charge is -2.08. The van der Waals surface area contributed by atoms with E-state index >= 15 is 0 Å². The number of aryl methyl sites for hydroxylation is 2. The van der Waals surface area contributed by atoms with Crippen molar-refractivity contribution >= 4 is 0 Å². The van der Waals surface area contributed by atoms with E-state index in [9.17, 15) is 9.18 Å². The Morgan fingerprint density at radius 2 is 1.85 bits per heavy atom. The normalized spacial score (nSPS) is 10.9. The van der Waals surface area contributed by atoms with Crippen LogP contribution in [0.4, 0.5) is 4.39 Å². The molecule has 4 aromatic rings. The standard InChI is InChI=1S/C20H15FN4O2/c1-12-7-8-14(11-13(12)2)25-10-9-17(26)18(23-25)20-22-19(24-27-20)15-5-3-4-6-16(15)21/h3-11H,1-2H3. The molecule has 2 aromatic heterocycles. The third-order valence-electron chi connectivity index (χ3n) is 4.31. The average molecular weight is 362 g/mol. The van der Waals surface area contributed by atoms with E-state index < -0.39 is 5.82 Å². The predicted molar refractivity (Wildman–Crippen MR) is 98.0 cm³/mol. The molecule has 0 spiro atoms. The van der Waals surface area contributed by atoms with Crippen LogP contribution >= 0.6 is 0 Å². The summed E-state index contributed by atoms with van der Waals surface area (Å²) >= 11 is 0. The zero-order chi connectivity index (χ0) is 19.0. The van der Waals surface area contributed by atoms with Gasteiger partial charge in [0.1, 0.15) is 5.82 Å². The molecule has 0 unspecified atom stereocenters. The highest BCUT2D eigenvalue weighted by atomic mass is 19.1. The highest BCUT2D eigenvalue weighted by molar-refractivity contribution is 5.58. The van der Waals surface area contributed by atoms with Gasteiger partial charge >= 0.3 is 0 Å². The van der Waals surface area contributed by atoms with Crippen molar-refractivity contribution < 1.29 is 8.91 Å². The first-order chi connectivity index (χ1) is 13.0. The van der Waals surface area contributed by atoms with Crippen LogP contribution in [-0.4, -0.2) is 19.9 Å². The van der Waals surface area contributed by atoms with Crippen LogP contribution in [0, 0.1) is 19.7 Å². The van der Waals surface area contributed by atoms with Crippen molar-refractivity contribution in [3.05, 3.63) is 81.9 Å². The van der Waals surface area contributed by atoms with E-state index in [2.05, 4.69) is 15.2 Å². The number of rotatable bonds is 3. The van der Waals surface area contributed by atoms with Gasteiger partial charge in [0.25, 0.3) is 5.89 Å². The van der Waals surface area contributed by atoms with E-state index in [4.69, 9.17) is 4.52 Å². The summed E-state index contributed by atoms with van der Waals surface area (Å²) in [5.41, 5.74) is 2.90. The maximum Gasteiger partial charge on any atom is 0.282 e. The van der Waals surface area contributed by atoms with Crippen molar-refractivity contribution in [2.45, 2.75) is 13.8 Å². The summed E-state index contributed by atoms with van der Waals surface area (Å²) < 4.78 is 20.7. The second kappa shape index (κ2) is 6.60. The number of benzene rings is 2. The number of hydrogen-bond donors (Lipinski definition) is 0. The van der Waals surface area contributed by atoms with Crippen molar-refractivity contribution in [3.63, 3.8) is 0 Å². The summed E-state index contributed by atoms with van der Waals surface area (Å²) in [4.78, 5) is 16.4. The summed E-state index contributed by atoms with van der Waals surface area (Å²) in [5.74, 6) is -0.472. The maximum atomic E-state index is 13.9. The molecular formula is C20H15FN4O2. The van der Waals surface area contributed by atoms with Gasteiger partial charge in [-0.3, -0.25) is 4.79 Å². The van der Waals surface area contributed by atoms with Gasteiger partial charge in [-0.2, -0.15) is 10.1 Å². The largest absolute Gasteiger partial charge is 0.332 e. The Hall–Kier alpha value is -3.61. The number of halogens is 1. The molecule has 2 heterocycles. The van der Waals surface area contributed by atoms with Crippen molar-refractivity contribution in [2.75, 3.05) is 0 Å². The lowest BCUT2D eigenvalue weighted by molar-refractivity contribution is 0.429. The summed E-state index contributed by atoms with van der Waals surface area (Å²) in [7, 11) is 0. The van der Waals surface area contributed by atoms with Gasteiger partial charge in [0, 0.05) is 12.3 Å². The van der Waals surface area contributed by atoms with E-state index in [0.717, 1.165) is 16.8 Å². The van der Waals surface area contributed by atoms with E-state index in [1.165, 1.54) is 18.2 Å². The zero-order valence-electron chi connectivity index (χ0n) is 14.7. The van der Waals surface area contributed by atoms with Crippen LogP contribution in [0.25, 0.3) is 28.7 Å². The lowest BCUT2D eigenvalue weighted by atomic mass is 10.1. The molecule has 0 saturated heterocycles. The van der Waals surface area contributed by atoms with Crippen molar-refractivity contribution in [1.82, 2.24) is 19.9 Å². The number of nitrogens with zero attached hydrogens (tertiary/aromatic N) is 4. The second-order valence-electron chi connectivity index (χ2n) is 6.14. The highest BCUT2D eigenvalue weighted by Crippen LogP contribution is 2.22. The van der Waals surface area contributed by atoms with Crippen LogP contribution in [-0.2, 0) is 0 Å². The van der Waals surface area contributed by atoms with Crippen molar-refractivity contribution in [2.24, 2.45) is 0 Å². The monoisotopic (exact) mass is 362 g/mol. The van der Waals surface area contributed by atoms with Gasteiger partial charge in [-0.25, -0.2) is 9.07 Å². The molecule has 0 N–H and O–H groups in total. The Labute approximate surface area is 153 Å². The Kier molecular flexibility index (Phi) is 4.12. The molecule has 0 bridgehead atoms. The van der Waals surface area contributed by atoms with Crippen molar-refractivity contribution in [3.8, 4) is 28.7 Å². The quantitative estimate of drug-likeness (QED) is 0.555. The van der Waals surface area contributed by atoms with E-state index in [0.29, 0.717) is 0 Å². The SMILES string of the molecule is Cc1ccc(-n2ccc(=O)c(-c3nc(-c4ccccc4F)no3)n2)cc1C. The molecule has 0 aliphatic rings. The van der Waals surface area contributed by atoms with Gasteiger partial charge in [0.2, 0.25) is 11.3 Å². The van der Waals surface area contributed by atoms with Gasteiger partial charge in [-0.1, -0.05) is 23.4 Å². The Morgan fingerprint density at radius 3 is 2.63 bits per heavy atom. The minimum absolute atomic E-state index is 0.00539. The molecule has 0 amide bonds. The molecule has 7 heteroatoms. The Bertz CT molecular complexity index is 1200. The third-order valence-corrected chi connectivity index (χ3v) is 4.31. The summed E-state index contributed by atoms with van der Waals surface area (Å²) in [6.07, 6.45) is 1.57. The van der Waals surface area contributed by atoms with Crippen LogP contribution in [0.3, 0.4) is 0 Å². The Balaban J connectivity index is 1.78. The summed E-state index contributed by atoms with van der Waals surface area (Å²) in [6, 6.07) is 13.3. The van der Waals surface area contributed by atoms with Gasteiger partial charge in [-0.05, 0) is 49.2 Å². The fourth-order valence-electron chi connectivity index (χ4n) is 2.64. The number of aromatic nitrogens is 4. The third kappa shape index (κ3) is 3.15. The molecule has 6 nitrogen and oxygen atoms in total. The average Bonchev–Trinajstić information content (AvgIpc) is 3.14. The predicted octanol–water partition coefficient (Wildman–Crippen LogP) is 3.71. The van der Waals surface area contributed by atoms with Crippen LogP contribution in [0.5, 0.6) is 0 Å². The summed E-state index contributed by atoms with van der Waals surface area (Å²) in [5, 5.41) is 8.11. The van der Waals surface area contributed by atoms with Gasteiger partial charge in [0.15, 0.2) is 5.69 Å². The molecule has 134 valence electrons. The molecule has 27 heavy (non-hydrogen) atoms. The van der Waals surface area contributed by atoms with Crippen LogP contribution in [0.2, 0.25) is 0 Å². The zero-order valence-corrected chi connectivity index (χ0v) is 14.7. The van der Waals surface area contributed by atoms with Gasteiger partial charge < -0.3 is 4.52 Å². The Morgan fingerprint density at radius 1 is 1.04 bits per heavy atom. The smallest absolute Gasteiger partial charge is 0.282 e. The first kappa shape index (κ1) is 16.8. The summed E-state index contributed by atoms with van der Waals surface area (Å²) in [6.45, 7) is 4.02. The molecule has 0 radical (unpaired) electrons. The fraction of sp³-hybridized carbons (Fsp3) is 0.100. The van der Waals surface area contributed by atoms with E-state index in [1.54, 1.807) is 23.0 Å². The highest BCUT2D eigenvalue weighted by Gasteiger charge is 2.17. The molecular weight excluding hydrogens is 347 g/mol. The van der Waals surface area contributed by atoms with Crippen LogP contribution in [0.1, 0.15) is 11.1 Å². The molecule has 0 atom stereocenters. The van der Waals surface area contributed by atoms with Crippen LogP contribution in [0.15, 0.2) is 64.0 Å². The minimum Gasteiger partial charge on any atom is -0.332 e. The van der Waals surface area contributed by atoms with Gasteiger partial charge in [0.05, 0.1) is 11.3 Å².